The van der Waals surface area contributed by atoms with Crippen molar-refractivity contribution in [1.29, 1.82) is 0 Å². The van der Waals surface area contributed by atoms with E-state index in [0.29, 0.717) is 18.1 Å². The van der Waals surface area contributed by atoms with Gasteiger partial charge >= 0.3 is 0 Å². The van der Waals surface area contributed by atoms with Crippen LogP contribution < -0.4 is 5.32 Å². The maximum Gasteiger partial charge on any atom is 0.0701 e. The normalized spacial score (nSPS) is 25.5. The van der Waals surface area contributed by atoms with Gasteiger partial charge in [-0.25, -0.2) is 0 Å². The minimum absolute atomic E-state index is 0.417. The van der Waals surface area contributed by atoms with Gasteiger partial charge < -0.3 is 10.1 Å². The SMILES string of the molecule is CCCNC(c1ccc(Br)s1)C1CCOC1CC. The van der Waals surface area contributed by atoms with Gasteiger partial charge in [-0.1, -0.05) is 13.8 Å². The van der Waals surface area contributed by atoms with Crippen LogP contribution in [0.4, 0.5) is 0 Å². The van der Waals surface area contributed by atoms with E-state index in [2.05, 4.69) is 47.2 Å². The van der Waals surface area contributed by atoms with Crippen LogP contribution in [0.2, 0.25) is 0 Å². The molecule has 1 fully saturated rings. The number of ether oxygens (including phenoxy) is 1. The lowest BCUT2D eigenvalue weighted by molar-refractivity contribution is 0.0778. The van der Waals surface area contributed by atoms with Gasteiger partial charge in [0.05, 0.1) is 9.89 Å². The van der Waals surface area contributed by atoms with Crippen molar-refractivity contribution in [3.8, 4) is 0 Å². The van der Waals surface area contributed by atoms with Gasteiger partial charge in [-0.3, -0.25) is 0 Å². The number of nitrogens with one attached hydrogen (secondary N) is 1. The van der Waals surface area contributed by atoms with Crippen LogP contribution >= 0.6 is 27.3 Å². The first-order valence-corrected chi connectivity index (χ1v) is 8.47. The minimum atomic E-state index is 0.417. The summed E-state index contributed by atoms with van der Waals surface area (Å²) in [7, 11) is 0. The van der Waals surface area contributed by atoms with Crippen molar-refractivity contribution in [3.05, 3.63) is 20.8 Å². The maximum atomic E-state index is 5.86. The lowest BCUT2D eigenvalue weighted by Crippen LogP contribution is -2.32. The Hall–Kier alpha value is 0.1000. The number of thiophene rings is 1. The molecule has 2 nitrogen and oxygen atoms in total. The number of rotatable bonds is 6. The predicted octanol–water partition coefficient (Wildman–Crippen LogP) is 4.37. The third-order valence-electron chi connectivity index (χ3n) is 3.61. The molecule has 2 rings (SSSR count). The summed E-state index contributed by atoms with van der Waals surface area (Å²) in [5, 5.41) is 3.71. The van der Waals surface area contributed by atoms with E-state index in [-0.39, 0.29) is 0 Å². The standard InChI is InChI=1S/C14H22BrNOS/c1-3-8-16-14(12-5-6-13(15)18-12)10-7-9-17-11(10)4-2/h5-6,10-11,14,16H,3-4,7-9H2,1-2H3. The topological polar surface area (TPSA) is 21.3 Å². The molecule has 3 unspecified atom stereocenters. The molecule has 0 amide bonds. The van der Waals surface area contributed by atoms with Crippen LogP contribution in [-0.4, -0.2) is 19.3 Å². The van der Waals surface area contributed by atoms with Crippen LogP contribution in [0.5, 0.6) is 0 Å². The van der Waals surface area contributed by atoms with E-state index in [0.717, 1.165) is 19.6 Å². The number of hydrogen-bond acceptors (Lipinski definition) is 3. The smallest absolute Gasteiger partial charge is 0.0701 e. The first-order valence-electron chi connectivity index (χ1n) is 6.86. The Morgan fingerprint density at radius 2 is 2.33 bits per heavy atom. The van der Waals surface area contributed by atoms with Gasteiger partial charge in [0.2, 0.25) is 0 Å². The Kier molecular flexibility index (Phi) is 5.67. The highest BCUT2D eigenvalue weighted by Crippen LogP contribution is 2.38. The molecule has 2 heterocycles. The van der Waals surface area contributed by atoms with Gasteiger partial charge in [0.1, 0.15) is 0 Å². The molecule has 4 heteroatoms. The molecule has 1 aliphatic rings. The summed E-state index contributed by atoms with van der Waals surface area (Å²) >= 11 is 5.41. The Labute approximate surface area is 122 Å². The van der Waals surface area contributed by atoms with Gasteiger partial charge in [0.15, 0.2) is 0 Å². The summed E-state index contributed by atoms with van der Waals surface area (Å²) in [6.45, 7) is 6.44. The average molecular weight is 332 g/mol. The predicted molar refractivity (Wildman–Crippen MR) is 81.2 cm³/mol. The second-order valence-corrected chi connectivity index (χ2v) is 7.34. The summed E-state index contributed by atoms with van der Waals surface area (Å²) in [6.07, 6.45) is 3.88. The number of hydrogen-bond donors (Lipinski definition) is 1. The summed E-state index contributed by atoms with van der Waals surface area (Å²) in [4.78, 5) is 1.43. The maximum absolute atomic E-state index is 5.86. The highest BCUT2D eigenvalue weighted by molar-refractivity contribution is 9.11. The van der Waals surface area contributed by atoms with Crippen molar-refractivity contribution in [2.45, 2.75) is 45.3 Å². The lowest BCUT2D eigenvalue weighted by Gasteiger charge is -2.27. The highest BCUT2D eigenvalue weighted by atomic mass is 79.9. The molecule has 1 aromatic rings. The van der Waals surface area contributed by atoms with E-state index in [1.54, 1.807) is 0 Å². The first kappa shape index (κ1) is 14.5. The Morgan fingerprint density at radius 1 is 1.50 bits per heavy atom. The molecule has 0 spiro atoms. The Balaban J connectivity index is 2.13. The van der Waals surface area contributed by atoms with Crippen LogP contribution in [0.25, 0.3) is 0 Å². The zero-order valence-electron chi connectivity index (χ0n) is 11.1. The molecule has 0 bridgehead atoms. The van der Waals surface area contributed by atoms with Crippen LogP contribution in [-0.2, 0) is 4.74 Å². The fourth-order valence-electron chi connectivity index (χ4n) is 2.73. The van der Waals surface area contributed by atoms with Crippen LogP contribution in [0, 0.1) is 5.92 Å². The van der Waals surface area contributed by atoms with Crippen LogP contribution in [0.3, 0.4) is 0 Å². The summed E-state index contributed by atoms with van der Waals surface area (Å²) in [6, 6.07) is 4.85. The zero-order valence-corrected chi connectivity index (χ0v) is 13.5. The summed E-state index contributed by atoms with van der Waals surface area (Å²) in [5.74, 6) is 0.618. The van der Waals surface area contributed by atoms with Crippen LogP contribution in [0.1, 0.15) is 44.0 Å². The first-order chi connectivity index (χ1) is 8.76. The molecule has 0 aromatic carbocycles. The van der Waals surface area contributed by atoms with Crippen molar-refractivity contribution < 1.29 is 4.74 Å². The van der Waals surface area contributed by atoms with E-state index in [4.69, 9.17) is 4.74 Å². The fraction of sp³-hybridized carbons (Fsp3) is 0.714. The molecule has 1 aromatic heterocycles. The fourth-order valence-corrected chi connectivity index (χ4v) is 4.30. The molecule has 0 aliphatic carbocycles. The van der Waals surface area contributed by atoms with Crippen molar-refractivity contribution in [2.24, 2.45) is 5.92 Å². The van der Waals surface area contributed by atoms with E-state index in [1.165, 1.54) is 21.5 Å². The van der Waals surface area contributed by atoms with Gasteiger partial charge in [-0.15, -0.1) is 11.3 Å². The molecule has 1 aliphatic heterocycles. The Morgan fingerprint density at radius 3 is 2.94 bits per heavy atom. The lowest BCUT2D eigenvalue weighted by atomic mass is 9.90. The molecule has 1 N–H and O–H groups in total. The second-order valence-electron chi connectivity index (χ2n) is 4.84. The average Bonchev–Trinajstić information content (AvgIpc) is 2.99. The zero-order chi connectivity index (χ0) is 13.0. The van der Waals surface area contributed by atoms with Crippen molar-refractivity contribution in [2.75, 3.05) is 13.2 Å². The third kappa shape index (κ3) is 3.35. The molecular formula is C14H22BrNOS. The monoisotopic (exact) mass is 331 g/mol. The molecule has 102 valence electrons. The van der Waals surface area contributed by atoms with Crippen LogP contribution in [0.15, 0.2) is 15.9 Å². The molecular weight excluding hydrogens is 310 g/mol. The van der Waals surface area contributed by atoms with E-state index in [9.17, 15) is 0 Å². The summed E-state index contributed by atoms with van der Waals surface area (Å²) < 4.78 is 7.07. The van der Waals surface area contributed by atoms with Gasteiger partial charge in [0.25, 0.3) is 0 Å². The number of halogens is 1. The third-order valence-corrected chi connectivity index (χ3v) is 5.31. The van der Waals surface area contributed by atoms with Crippen molar-refractivity contribution >= 4 is 27.3 Å². The molecule has 3 atom stereocenters. The molecule has 0 saturated carbocycles. The van der Waals surface area contributed by atoms with Gasteiger partial charge in [-0.2, -0.15) is 0 Å². The Bertz CT molecular complexity index is 368. The molecule has 18 heavy (non-hydrogen) atoms. The van der Waals surface area contributed by atoms with E-state index in [1.807, 2.05) is 11.3 Å². The summed E-state index contributed by atoms with van der Waals surface area (Å²) in [5.41, 5.74) is 0. The van der Waals surface area contributed by atoms with E-state index < -0.39 is 0 Å². The van der Waals surface area contributed by atoms with Crippen molar-refractivity contribution in [1.82, 2.24) is 5.32 Å². The molecule has 1 saturated heterocycles. The molecule has 0 radical (unpaired) electrons. The second kappa shape index (κ2) is 7.04. The van der Waals surface area contributed by atoms with E-state index >= 15 is 0 Å². The van der Waals surface area contributed by atoms with Gasteiger partial charge in [-0.05, 0) is 53.9 Å². The largest absolute Gasteiger partial charge is 0.378 e. The quantitative estimate of drug-likeness (QED) is 0.835. The highest BCUT2D eigenvalue weighted by Gasteiger charge is 2.34. The van der Waals surface area contributed by atoms with Gasteiger partial charge in [0, 0.05) is 23.4 Å². The minimum Gasteiger partial charge on any atom is -0.378 e. The van der Waals surface area contributed by atoms with Crippen molar-refractivity contribution in [3.63, 3.8) is 0 Å².